The van der Waals surface area contributed by atoms with E-state index in [0.717, 1.165) is 17.2 Å². The first kappa shape index (κ1) is 11.0. The van der Waals surface area contributed by atoms with Gasteiger partial charge in [0.2, 0.25) is 0 Å². The summed E-state index contributed by atoms with van der Waals surface area (Å²) in [7, 11) is 0. The summed E-state index contributed by atoms with van der Waals surface area (Å²) in [5, 5.41) is 16.9. The van der Waals surface area contributed by atoms with Crippen LogP contribution in [0, 0.1) is 11.3 Å². The van der Waals surface area contributed by atoms with Crippen molar-refractivity contribution in [3.63, 3.8) is 0 Å². The molecule has 0 fully saturated rings. The first-order valence-corrected chi connectivity index (χ1v) is 4.59. The molecule has 1 N–H and O–H groups in total. The Morgan fingerprint density at radius 3 is 3.00 bits per heavy atom. The Labute approximate surface area is 88.3 Å². The summed E-state index contributed by atoms with van der Waals surface area (Å²) in [6.07, 6.45) is 3.82. The highest BCUT2D eigenvalue weighted by Gasteiger charge is 1.94. The van der Waals surface area contributed by atoms with Crippen LogP contribution in [0.25, 0.3) is 6.08 Å². The third kappa shape index (κ3) is 4.10. The van der Waals surface area contributed by atoms with Gasteiger partial charge in [0, 0.05) is 12.5 Å². The van der Waals surface area contributed by atoms with Crippen LogP contribution in [0.5, 0.6) is 0 Å². The second kappa shape index (κ2) is 5.61. The summed E-state index contributed by atoms with van der Waals surface area (Å²) in [5.74, 6) is -0.961. The van der Waals surface area contributed by atoms with Crippen LogP contribution in [0.3, 0.4) is 0 Å². The van der Waals surface area contributed by atoms with Crippen LogP contribution in [0.2, 0.25) is 0 Å². The minimum atomic E-state index is -0.961. The predicted molar refractivity (Wildman–Crippen MR) is 57.0 cm³/mol. The molecule has 1 aromatic carbocycles. The minimum absolute atomic E-state index is 0.478. The van der Waals surface area contributed by atoms with Gasteiger partial charge in [-0.05, 0) is 23.6 Å². The Hall–Kier alpha value is -2.08. The van der Waals surface area contributed by atoms with E-state index in [1.807, 2.05) is 24.3 Å². The van der Waals surface area contributed by atoms with Crippen molar-refractivity contribution in [3.05, 3.63) is 41.5 Å². The van der Waals surface area contributed by atoms with Crippen LogP contribution in [0.1, 0.15) is 17.5 Å². The lowest BCUT2D eigenvalue weighted by molar-refractivity contribution is -0.131. The third-order valence-corrected chi connectivity index (χ3v) is 1.89. The van der Waals surface area contributed by atoms with Gasteiger partial charge in [-0.1, -0.05) is 24.3 Å². The van der Waals surface area contributed by atoms with Crippen LogP contribution in [0.15, 0.2) is 30.3 Å². The Bertz CT molecular complexity index is 416. The highest BCUT2D eigenvalue weighted by molar-refractivity contribution is 5.85. The number of carboxylic acid groups (broad SMARTS) is 1. The summed E-state index contributed by atoms with van der Waals surface area (Å²) < 4.78 is 0. The number of aryl methyl sites for hydroxylation is 1. The maximum atomic E-state index is 10.3. The molecule has 0 aliphatic heterocycles. The molecule has 15 heavy (non-hydrogen) atoms. The SMILES string of the molecule is N#CCCc1cccc(/C=C/C(=O)O)c1. The number of nitriles is 1. The number of carboxylic acids is 1. The fourth-order valence-electron chi connectivity index (χ4n) is 1.22. The predicted octanol–water partition coefficient (Wildman–Crippen LogP) is 2.24. The maximum absolute atomic E-state index is 10.3. The highest BCUT2D eigenvalue weighted by atomic mass is 16.4. The van der Waals surface area contributed by atoms with Gasteiger partial charge in [0.1, 0.15) is 0 Å². The molecule has 0 bridgehead atoms. The molecule has 3 nitrogen and oxygen atoms in total. The van der Waals surface area contributed by atoms with Crippen molar-refractivity contribution in [1.82, 2.24) is 0 Å². The number of hydrogen-bond acceptors (Lipinski definition) is 2. The summed E-state index contributed by atoms with van der Waals surface area (Å²) >= 11 is 0. The van der Waals surface area contributed by atoms with Crippen molar-refractivity contribution in [2.24, 2.45) is 0 Å². The summed E-state index contributed by atoms with van der Waals surface area (Å²) in [4.78, 5) is 10.3. The van der Waals surface area contributed by atoms with Crippen LogP contribution >= 0.6 is 0 Å². The zero-order chi connectivity index (χ0) is 11.1. The molecule has 0 atom stereocenters. The van der Waals surface area contributed by atoms with Gasteiger partial charge in [0.25, 0.3) is 0 Å². The average molecular weight is 201 g/mol. The Balaban J connectivity index is 2.74. The van der Waals surface area contributed by atoms with E-state index in [2.05, 4.69) is 6.07 Å². The zero-order valence-electron chi connectivity index (χ0n) is 8.18. The van der Waals surface area contributed by atoms with Gasteiger partial charge in [-0.2, -0.15) is 5.26 Å². The quantitative estimate of drug-likeness (QED) is 0.760. The fourth-order valence-corrected chi connectivity index (χ4v) is 1.22. The van der Waals surface area contributed by atoms with E-state index in [1.54, 1.807) is 0 Å². The number of rotatable bonds is 4. The molecule has 0 spiro atoms. The van der Waals surface area contributed by atoms with Crippen LogP contribution < -0.4 is 0 Å². The highest BCUT2D eigenvalue weighted by Crippen LogP contribution is 2.08. The third-order valence-electron chi connectivity index (χ3n) is 1.89. The van der Waals surface area contributed by atoms with Gasteiger partial charge < -0.3 is 5.11 Å². The molecule has 0 unspecified atom stereocenters. The molecular formula is C12H11NO2. The minimum Gasteiger partial charge on any atom is -0.478 e. The average Bonchev–Trinajstić information content (AvgIpc) is 2.24. The van der Waals surface area contributed by atoms with Gasteiger partial charge in [-0.15, -0.1) is 0 Å². The Morgan fingerprint density at radius 2 is 2.33 bits per heavy atom. The number of benzene rings is 1. The van der Waals surface area contributed by atoms with Crippen molar-refractivity contribution in [3.8, 4) is 6.07 Å². The molecule has 0 saturated carbocycles. The van der Waals surface area contributed by atoms with E-state index in [9.17, 15) is 4.79 Å². The van der Waals surface area contributed by atoms with Gasteiger partial charge >= 0.3 is 5.97 Å². The van der Waals surface area contributed by atoms with E-state index in [-0.39, 0.29) is 0 Å². The standard InChI is InChI=1S/C12H11NO2/c13-8-2-5-10-3-1-4-11(9-10)6-7-12(14)15/h1,3-4,6-7,9H,2,5H2,(H,14,15)/b7-6+. The largest absolute Gasteiger partial charge is 0.478 e. The second-order valence-corrected chi connectivity index (χ2v) is 3.07. The van der Waals surface area contributed by atoms with Crippen molar-refractivity contribution in [2.45, 2.75) is 12.8 Å². The summed E-state index contributed by atoms with van der Waals surface area (Å²) in [6.45, 7) is 0. The summed E-state index contributed by atoms with van der Waals surface area (Å²) in [5.41, 5.74) is 1.89. The molecule has 0 heterocycles. The number of carbonyl (C=O) groups is 1. The van der Waals surface area contributed by atoms with E-state index >= 15 is 0 Å². The lowest BCUT2D eigenvalue weighted by Crippen LogP contribution is -1.87. The smallest absolute Gasteiger partial charge is 0.328 e. The monoisotopic (exact) mass is 201 g/mol. The molecule has 0 aliphatic rings. The van der Waals surface area contributed by atoms with Gasteiger partial charge in [0.15, 0.2) is 0 Å². The van der Waals surface area contributed by atoms with E-state index in [1.165, 1.54) is 6.08 Å². The molecule has 1 aromatic rings. The zero-order valence-corrected chi connectivity index (χ0v) is 8.18. The Kier molecular flexibility index (Phi) is 4.11. The van der Waals surface area contributed by atoms with E-state index < -0.39 is 5.97 Å². The number of hydrogen-bond donors (Lipinski definition) is 1. The molecule has 0 amide bonds. The van der Waals surface area contributed by atoms with Crippen LogP contribution in [0.4, 0.5) is 0 Å². The fraction of sp³-hybridized carbons (Fsp3) is 0.167. The maximum Gasteiger partial charge on any atom is 0.328 e. The molecule has 1 rings (SSSR count). The van der Waals surface area contributed by atoms with Crippen molar-refractivity contribution in [2.75, 3.05) is 0 Å². The Morgan fingerprint density at radius 1 is 1.53 bits per heavy atom. The van der Waals surface area contributed by atoms with Gasteiger partial charge in [-0.3, -0.25) is 0 Å². The first-order chi connectivity index (χ1) is 7.22. The molecule has 0 radical (unpaired) electrons. The van der Waals surface area contributed by atoms with Gasteiger partial charge in [0.05, 0.1) is 6.07 Å². The molecule has 0 aromatic heterocycles. The number of aliphatic carboxylic acids is 1. The molecule has 0 aliphatic carbocycles. The molecule has 3 heteroatoms. The van der Waals surface area contributed by atoms with E-state index in [0.29, 0.717) is 12.8 Å². The topological polar surface area (TPSA) is 61.1 Å². The molecular weight excluding hydrogens is 190 g/mol. The first-order valence-electron chi connectivity index (χ1n) is 4.59. The normalized spacial score (nSPS) is 10.1. The lowest BCUT2D eigenvalue weighted by Gasteiger charge is -1.98. The van der Waals surface area contributed by atoms with Crippen LogP contribution in [-0.4, -0.2) is 11.1 Å². The van der Waals surface area contributed by atoms with Crippen molar-refractivity contribution in [1.29, 1.82) is 5.26 Å². The van der Waals surface area contributed by atoms with Crippen LogP contribution in [-0.2, 0) is 11.2 Å². The van der Waals surface area contributed by atoms with Crippen molar-refractivity contribution < 1.29 is 9.90 Å². The van der Waals surface area contributed by atoms with Gasteiger partial charge in [-0.25, -0.2) is 4.79 Å². The molecule has 0 saturated heterocycles. The number of nitrogens with zero attached hydrogens (tertiary/aromatic N) is 1. The van der Waals surface area contributed by atoms with Crippen molar-refractivity contribution >= 4 is 12.0 Å². The second-order valence-electron chi connectivity index (χ2n) is 3.07. The van der Waals surface area contributed by atoms with E-state index in [4.69, 9.17) is 10.4 Å². The summed E-state index contributed by atoms with van der Waals surface area (Å²) in [6, 6.07) is 9.57. The lowest BCUT2D eigenvalue weighted by atomic mass is 10.1. The molecule has 76 valence electrons.